The highest BCUT2D eigenvalue weighted by Crippen LogP contribution is 2.31. The minimum atomic E-state index is 0.511. The zero-order valence-electron chi connectivity index (χ0n) is 8.14. The Labute approximate surface area is 113 Å². The fourth-order valence-corrected chi connectivity index (χ4v) is 2.58. The summed E-state index contributed by atoms with van der Waals surface area (Å²) in [6, 6.07) is 5.44. The highest BCUT2D eigenvalue weighted by atomic mass is 35.5. The maximum absolute atomic E-state index is 6.08. The van der Waals surface area contributed by atoms with Crippen molar-refractivity contribution in [2.45, 2.75) is 6.54 Å². The lowest BCUT2D eigenvalue weighted by molar-refractivity contribution is 1.15. The van der Waals surface area contributed by atoms with E-state index in [0.29, 0.717) is 21.6 Å². The summed E-state index contributed by atoms with van der Waals surface area (Å²) in [5, 5.41) is 8.91. The van der Waals surface area contributed by atoms with Crippen LogP contribution in [0.4, 0.5) is 5.69 Å². The number of thiophene rings is 1. The minimum Gasteiger partial charge on any atom is -0.380 e. The van der Waals surface area contributed by atoms with Crippen molar-refractivity contribution >= 4 is 51.8 Å². The summed E-state index contributed by atoms with van der Waals surface area (Å²) >= 11 is 19.7. The zero-order valence-corrected chi connectivity index (χ0v) is 11.2. The van der Waals surface area contributed by atoms with Gasteiger partial charge in [0, 0.05) is 28.2 Å². The van der Waals surface area contributed by atoms with E-state index in [1.165, 1.54) is 0 Å². The fourth-order valence-electron chi connectivity index (χ4n) is 1.29. The Balaban J connectivity index is 2.18. The van der Waals surface area contributed by atoms with Crippen LogP contribution in [-0.4, -0.2) is 0 Å². The Morgan fingerprint density at radius 2 is 1.81 bits per heavy atom. The van der Waals surface area contributed by atoms with Crippen LogP contribution in [0, 0.1) is 0 Å². The molecular weight excluding hydrogens is 285 g/mol. The van der Waals surface area contributed by atoms with Crippen LogP contribution in [0.1, 0.15) is 5.56 Å². The number of nitrogens with one attached hydrogen (secondary N) is 1. The van der Waals surface area contributed by atoms with Gasteiger partial charge in [-0.2, -0.15) is 11.3 Å². The minimum absolute atomic E-state index is 0.511. The van der Waals surface area contributed by atoms with Crippen LogP contribution in [0.3, 0.4) is 0 Å². The molecule has 1 N–H and O–H groups in total. The molecule has 16 heavy (non-hydrogen) atoms. The topological polar surface area (TPSA) is 12.0 Å². The predicted molar refractivity (Wildman–Crippen MR) is 73.1 cm³/mol. The highest BCUT2D eigenvalue weighted by Gasteiger charge is 2.09. The van der Waals surface area contributed by atoms with Crippen molar-refractivity contribution in [1.29, 1.82) is 0 Å². The molecule has 2 rings (SSSR count). The zero-order chi connectivity index (χ0) is 11.5. The molecule has 1 heterocycles. The molecule has 1 aromatic heterocycles. The van der Waals surface area contributed by atoms with Crippen molar-refractivity contribution < 1.29 is 0 Å². The molecule has 0 aliphatic rings. The first kappa shape index (κ1) is 12.1. The quantitative estimate of drug-likeness (QED) is 0.755. The lowest BCUT2D eigenvalue weighted by Crippen LogP contribution is -2.00. The molecule has 1 nitrogen and oxygen atoms in total. The molecule has 0 amide bonds. The SMILES string of the molecule is Clc1ccc(Cl)c(CNc2ccsc2)c1Cl. The van der Waals surface area contributed by atoms with Crippen LogP contribution < -0.4 is 5.32 Å². The Kier molecular flexibility index (Phi) is 3.98. The van der Waals surface area contributed by atoms with Crippen LogP contribution >= 0.6 is 46.1 Å². The van der Waals surface area contributed by atoms with Crippen molar-refractivity contribution in [2.24, 2.45) is 0 Å². The maximum atomic E-state index is 6.08. The molecule has 0 aliphatic carbocycles. The van der Waals surface area contributed by atoms with Gasteiger partial charge in [-0.1, -0.05) is 34.8 Å². The van der Waals surface area contributed by atoms with Gasteiger partial charge in [0.05, 0.1) is 10.0 Å². The third-order valence-electron chi connectivity index (χ3n) is 2.13. The Morgan fingerprint density at radius 1 is 1.06 bits per heavy atom. The molecule has 0 radical (unpaired) electrons. The summed E-state index contributed by atoms with van der Waals surface area (Å²) in [6.07, 6.45) is 0. The van der Waals surface area contributed by atoms with E-state index in [-0.39, 0.29) is 0 Å². The summed E-state index contributed by atoms with van der Waals surface area (Å²) in [4.78, 5) is 0. The van der Waals surface area contributed by atoms with Crippen molar-refractivity contribution in [1.82, 2.24) is 0 Å². The van der Waals surface area contributed by atoms with Gasteiger partial charge in [0.25, 0.3) is 0 Å². The van der Waals surface area contributed by atoms with Crippen molar-refractivity contribution in [3.8, 4) is 0 Å². The lowest BCUT2D eigenvalue weighted by atomic mass is 10.2. The van der Waals surface area contributed by atoms with Gasteiger partial charge in [-0.15, -0.1) is 0 Å². The molecule has 84 valence electrons. The normalized spacial score (nSPS) is 10.4. The number of halogens is 3. The van der Waals surface area contributed by atoms with Crippen LogP contribution in [0.5, 0.6) is 0 Å². The average Bonchev–Trinajstić information content (AvgIpc) is 2.77. The third-order valence-corrected chi connectivity index (χ3v) is 4.01. The van der Waals surface area contributed by atoms with Gasteiger partial charge in [0.1, 0.15) is 0 Å². The second kappa shape index (κ2) is 5.28. The Hall–Kier alpha value is -0.410. The van der Waals surface area contributed by atoms with E-state index in [2.05, 4.69) is 5.32 Å². The van der Waals surface area contributed by atoms with Crippen LogP contribution in [0.25, 0.3) is 0 Å². The summed E-state index contributed by atoms with van der Waals surface area (Å²) in [7, 11) is 0. The molecule has 0 unspecified atom stereocenters. The molecule has 0 fully saturated rings. The third kappa shape index (κ3) is 2.64. The number of hydrogen-bond acceptors (Lipinski definition) is 2. The van der Waals surface area contributed by atoms with Gasteiger partial charge in [0.2, 0.25) is 0 Å². The van der Waals surface area contributed by atoms with E-state index in [4.69, 9.17) is 34.8 Å². The summed E-state index contributed by atoms with van der Waals surface area (Å²) in [6.45, 7) is 0.564. The van der Waals surface area contributed by atoms with Crippen LogP contribution in [0.15, 0.2) is 29.0 Å². The summed E-state index contributed by atoms with van der Waals surface area (Å²) in [5.41, 5.74) is 1.87. The predicted octanol–water partition coefficient (Wildman–Crippen LogP) is 5.32. The Morgan fingerprint density at radius 3 is 2.50 bits per heavy atom. The first-order valence-electron chi connectivity index (χ1n) is 4.57. The first-order chi connectivity index (χ1) is 7.68. The fraction of sp³-hybridized carbons (Fsp3) is 0.0909. The van der Waals surface area contributed by atoms with Crippen LogP contribution in [-0.2, 0) is 6.54 Å². The van der Waals surface area contributed by atoms with Gasteiger partial charge in [-0.25, -0.2) is 0 Å². The number of hydrogen-bond donors (Lipinski definition) is 1. The van der Waals surface area contributed by atoms with E-state index in [0.717, 1.165) is 11.3 Å². The van der Waals surface area contributed by atoms with Gasteiger partial charge < -0.3 is 5.32 Å². The molecule has 0 atom stereocenters. The summed E-state index contributed by atoms with van der Waals surface area (Å²) in [5.74, 6) is 0. The van der Waals surface area contributed by atoms with Gasteiger partial charge in [-0.3, -0.25) is 0 Å². The average molecular weight is 293 g/mol. The standard InChI is InChI=1S/C11H8Cl3NS/c12-9-1-2-10(13)11(14)8(9)5-15-7-3-4-16-6-7/h1-4,6,15H,5H2. The first-order valence-corrected chi connectivity index (χ1v) is 6.64. The van der Waals surface area contributed by atoms with E-state index >= 15 is 0 Å². The number of benzene rings is 1. The van der Waals surface area contributed by atoms with Gasteiger partial charge >= 0.3 is 0 Å². The van der Waals surface area contributed by atoms with E-state index in [1.807, 2.05) is 16.8 Å². The molecule has 0 saturated carbocycles. The van der Waals surface area contributed by atoms with E-state index in [9.17, 15) is 0 Å². The largest absolute Gasteiger partial charge is 0.380 e. The lowest BCUT2D eigenvalue weighted by Gasteiger charge is -2.09. The van der Waals surface area contributed by atoms with Crippen LogP contribution in [0.2, 0.25) is 15.1 Å². The van der Waals surface area contributed by atoms with Crippen molar-refractivity contribution in [2.75, 3.05) is 5.32 Å². The number of rotatable bonds is 3. The number of anilines is 1. The van der Waals surface area contributed by atoms with Crippen molar-refractivity contribution in [3.05, 3.63) is 49.6 Å². The smallest absolute Gasteiger partial charge is 0.0657 e. The van der Waals surface area contributed by atoms with Gasteiger partial charge in [-0.05, 0) is 23.6 Å². The van der Waals surface area contributed by atoms with E-state index in [1.54, 1.807) is 23.5 Å². The molecule has 1 aromatic carbocycles. The molecule has 0 spiro atoms. The summed E-state index contributed by atoms with van der Waals surface area (Å²) < 4.78 is 0. The molecule has 0 saturated heterocycles. The second-order valence-electron chi connectivity index (χ2n) is 3.19. The Bertz CT molecular complexity index is 482. The molecule has 2 aromatic rings. The van der Waals surface area contributed by atoms with Crippen molar-refractivity contribution in [3.63, 3.8) is 0 Å². The molecule has 0 aliphatic heterocycles. The van der Waals surface area contributed by atoms with E-state index < -0.39 is 0 Å². The molecule has 5 heteroatoms. The monoisotopic (exact) mass is 291 g/mol. The maximum Gasteiger partial charge on any atom is 0.0657 e. The van der Waals surface area contributed by atoms with Gasteiger partial charge in [0.15, 0.2) is 0 Å². The molecule has 0 bridgehead atoms. The second-order valence-corrected chi connectivity index (χ2v) is 5.16. The molecular formula is C11H8Cl3NS. The highest BCUT2D eigenvalue weighted by molar-refractivity contribution is 7.08.